The number of carbonyl (C=O) groups excluding carboxylic acids is 1. The first-order chi connectivity index (χ1) is 10.5. The SMILES string of the molecule is CCCC[C@H](C(=O)Nc1cc(C)on1)N1CCN(C)C[C@@H]1C. The molecule has 22 heavy (non-hydrogen) atoms. The minimum atomic E-state index is -0.0966. The number of aryl methyl sites for hydroxylation is 1. The first-order valence-corrected chi connectivity index (χ1v) is 8.19. The van der Waals surface area contributed by atoms with Gasteiger partial charge in [-0.15, -0.1) is 0 Å². The summed E-state index contributed by atoms with van der Waals surface area (Å²) in [6.45, 7) is 9.10. The molecule has 2 atom stereocenters. The highest BCUT2D eigenvalue weighted by Gasteiger charge is 2.32. The van der Waals surface area contributed by atoms with Gasteiger partial charge in [0.2, 0.25) is 5.91 Å². The van der Waals surface area contributed by atoms with E-state index in [2.05, 4.69) is 41.2 Å². The molecule has 1 amide bonds. The molecule has 6 nitrogen and oxygen atoms in total. The molecular formula is C16H28N4O2. The zero-order chi connectivity index (χ0) is 16.1. The maximum atomic E-state index is 12.7. The molecule has 0 spiro atoms. The second-order valence-electron chi connectivity index (χ2n) is 6.32. The number of nitrogens with one attached hydrogen (secondary N) is 1. The van der Waals surface area contributed by atoms with Gasteiger partial charge in [-0.25, -0.2) is 0 Å². The van der Waals surface area contributed by atoms with Crippen LogP contribution in [0.25, 0.3) is 0 Å². The number of anilines is 1. The summed E-state index contributed by atoms with van der Waals surface area (Å²) in [5.74, 6) is 1.23. The van der Waals surface area contributed by atoms with Crippen LogP contribution in [0.4, 0.5) is 5.82 Å². The van der Waals surface area contributed by atoms with Crippen LogP contribution < -0.4 is 5.32 Å². The number of carbonyl (C=O) groups is 1. The number of amides is 1. The smallest absolute Gasteiger partial charge is 0.242 e. The molecule has 1 fully saturated rings. The molecule has 1 aromatic heterocycles. The molecule has 0 saturated carbocycles. The first kappa shape index (κ1) is 17.0. The third-order valence-electron chi connectivity index (χ3n) is 4.30. The average Bonchev–Trinajstić information content (AvgIpc) is 2.86. The van der Waals surface area contributed by atoms with Crippen molar-refractivity contribution in [3.63, 3.8) is 0 Å². The lowest BCUT2D eigenvalue weighted by molar-refractivity contribution is -0.123. The van der Waals surface area contributed by atoms with E-state index in [1.54, 1.807) is 6.07 Å². The van der Waals surface area contributed by atoms with Gasteiger partial charge < -0.3 is 14.7 Å². The van der Waals surface area contributed by atoms with Crippen molar-refractivity contribution >= 4 is 11.7 Å². The molecule has 0 unspecified atom stereocenters. The summed E-state index contributed by atoms with van der Waals surface area (Å²) in [5.41, 5.74) is 0. The van der Waals surface area contributed by atoms with E-state index < -0.39 is 0 Å². The van der Waals surface area contributed by atoms with Gasteiger partial charge in [0, 0.05) is 31.7 Å². The Balaban J connectivity index is 2.05. The summed E-state index contributed by atoms with van der Waals surface area (Å²) in [7, 11) is 2.13. The number of likely N-dealkylation sites (N-methyl/N-ethyl adjacent to an activating group) is 1. The molecule has 0 radical (unpaired) electrons. The molecule has 6 heteroatoms. The number of rotatable bonds is 6. The number of unbranched alkanes of at least 4 members (excludes halogenated alkanes) is 1. The number of aromatic nitrogens is 1. The zero-order valence-corrected chi connectivity index (χ0v) is 14.1. The highest BCUT2D eigenvalue weighted by molar-refractivity contribution is 5.94. The Hall–Kier alpha value is -1.40. The van der Waals surface area contributed by atoms with Crippen molar-refractivity contribution in [2.75, 3.05) is 32.0 Å². The maximum Gasteiger partial charge on any atom is 0.242 e. The number of piperazine rings is 1. The van der Waals surface area contributed by atoms with Crippen LogP contribution in [0.15, 0.2) is 10.6 Å². The average molecular weight is 308 g/mol. The summed E-state index contributed by atoms with van der Waals surface area (Å²) in [6.07, 6.45) is 3.02. The quantitative estimate of drug-likeness (QED) is 0.872. The van der Waals surface area contributed by atoms with Gasteiger partial charge in [0.05, 0.1) is 6.04 Å². The summed E-state index contributed by atoms with van der Waals surface area (Å²) < 4.78 is 5.02. The fourth-order valence-electron chi connectivity index (χ4n) is 3.10. The van der Waals surface area contributed by atoms with Crippen LogP contribution in [0, 0.1) is 6.92 Å². The molecule has 1 aliphatic rings. The van der Waals surface area contributed by atoms with Gasteiger partial charge in [0.25, 0.3) is 0 Å². The Morgan fingerprint density at radius 1 is 1.55 bits per heavy atom. The van der Waals surface area contributed by atoms with Gasteiger partial charge in [0.1, 0.15) is 5.76 Å². The second kappa shape index (κ2) is 7.74. The van der Waals surface area contributed by atoms with Crippen LogP contribution in [0.2, 0.25) is 0 Å². The van der Waals surface area contributed by atoms with Gasteiger partial charge >= 0.3 is 0 Å². The fraction of sp³-hybridized carbons (Fsp3) is 0.750. The van der Waals surface area contributed by atoms with Gasteiger partial charge in [-0.2, -0.15) is 0 Å². The third-order valence-corrected chi connectivity index (χ3v) is 4.30. The van der Waals surface area contributed by atoms with E-state index in [0.717, 1.165) is 38.9 Å². The normalized spacial score (nSPS) is 21.7. The number of nitrogens with zero attached hydrogens (tertiary/aromatic N) is 3. The molecule has 2 rings (SSSR count). The van der Waals surface area contributed by atoms with E-state index in [9.17, 15) is 4.79 Å². The van der Waals surface area contributed by atoms with Crippen LogP contribution >= 0.6 is 0 Å². The Morgan fingerprint density at radius 3 is 2.91 bits per heavy atom. The lowest BCUT2D eigenvalue weighted by Gasteiger charge is -2.42. The Labute approximate surface area is 132 Å². The molecule has 0 bridgehead atoms. The zero-order valence-electron chi connectivity index (χ0n) is 14.1. The van der Waals surface area contributed by atoms with Crippen molar-refractivity contribution in [3.8, 4) is 0 Å². The van der Waals surface area contributed by atoms with Crippen LogP contribution in [0.3, 0.4) is 0 Å². The molecule has 1 N–H and O–H groups in total. The molecule has 1 aromatic rings. The van der Waals surface area contributed by atoms with Crippen LogP contribution in [0.1, 0.15) is 38.9 Å². The van der Waals surface area contributed by atoms with Crippen molar-refractivity contribution in [1.29, 1.82) is 0 Å². The molecule has 1 aliphatic heterocycles. The van der Waals surface area contributed by atoms with Gasteiger partial charge in [0.15, 0.2) is 5.82 Å². The highest BCUT2D eigenvalue weighted by Crippen LogP contribution is 2.18. The van der Waals surface area contributed by atoms with Gasteiger partial charge in [-0.1, -0.05) is 24.9 Å². The lowest BCUT2D eigenvalue weighted by Crippen LogP contribution is -2.57. The molecule has 2 heterocycles. The summed E-state index contributed by atoms with van der Waals surface area (Å²) in [4.78, 5) is 17.4. The predicted octanol–water partition coefficient (Wildman–Crippen LogP) is 2.12. The molecule has 0 aliphatic carbocycles. The van der Waals surface area contributed by atoms with Crippen molar-refractivity contribution in [1.82, 2.24) is 15.0 Å². The topological polar surface area (TPSA) is 61.6 Å². The van der Waals surface area contributed by atoms with E-state index in [1.807, 2.05) is 6.92 Å². The molecule has 124 valence electrons. The largest absolute Gasteiger partial charge is 0.360 e. The van der Waals surface area contributed by atoms with E-state index in [1.165, 1.54) is 0 Å². The fourth-order valence-corrected chi connectivity index (χ4v) is 3.10. The van der Waals surface area contributed by atoms with Crippen molar-refractivity contribution in [3.05, 3.63) is 11.8 Å². The van der Waals surface area contributed by atoms with E-state index in [-0.39, 0.29) is 11.9 Å². The first-order valence-electron chi connectivity index (χ1n) is 8.19. The highest BCUT2D eigenvalue weighted by atomic mass is 16.5. The minimum Gasteiger partial charge on any atom is -0.360 e. The number of hydrogen-bond donors (Lipinski definition) is 1. The Morgan fingerprint density at radius 2 is 2.32 bits per heavy atom. The summed E-state index contributed by atoms with van der Waals surface area (Å²) in [5, 5.41) is 6.76. The third kappa shape index (κ3) is 4.30. The summed E-state index contributed by atoms with van der Waals surface area (Å²) >= 11 is 0. The van der Waals surface area contributed by atoms with Crippen LogP contribution in [-0.4, -0.2) is 59.6 Å². The Bertz CT molecular complexity index is 488. The van der Waals surface area contributed by atoms with Crippen molar-refractivity contribution < 1.29 is 9.32 Å². The lowest BCUT2D eigenvalue weighted by atomic mass is 10.0. The molecule has 1 saturated heterocycles. The Kier molecular flexibility index (Phi) is 5.97. The molecule has 0 aromatic carbocycles. The van der Waals surface area contributed by atoms with Crippen molar-refractivity contribution in [2.24, 2.45) is 0 Å². The minimum absolute atomic E-state index is 0.0261. The van der Waals surface area contributed by atoms with E-state index >= 15 is 0 Å². The second-order valence-corrected chi connectivity index (χ2v) is 6.32. The monoisotopic (exact) mass is 308 g/mol. The van der Waals surface area contributed by atoms with Crippen LogP contribution in [0.5, 0.6) is 0 Å². The van der Waals surface area contributed by atoms with Gasteiger partial charge in [-0.3, -0.25) is 9.69 Å². The van der Waals surface area contributed by atoms with E-state index in [0.29, 0.717) is 17.6 Å². The number of hydrogen-bond acceptors (Lipinski definition) is 5. The molecular weight excluding hydrogens is 280 g/mol. The maximum absolute atomic E-state index is 12.7. The predicted molar refractivity (Wildman–Crippen MR) is 86.8 cm³/mol. The van der Waals surface area contributed by atoms with Gasteiger partial charge in [-0.05, 0) is 27.3 Å². The summed E-state index contributed by atoms with van der Waals surface area (Å²) in [6, 6.07) is 2.04. The van der Waals surface area contributed by atoms with E-state index in [4.69, 9.17) is 4.52 Å². The van der Waals surface area contributed by atoms with Crippen LogP contribution in [-0.2, 0) is 4.79 Å². The standard InChI is InChI=1S/C16H28N4O2/c1-5-6-7-14(20-9-8-19(4)11-12(20)2)16(21)17-15-10-13(3)22-18-15/h10,12,14H,5-9,11H2,1-4H3,(H,17,18,21)/t12-,14+/m0/s1. The van der Waals surface area contributed by atoms with Crippen molar-refractivity contribution in [2.45, 2.75) is 52.1 Å².